The monoisotopic (exact) mass is 294 g/mol. The molecule has 2 atom stereocenters. The Labute approximate surface area is 123 Å². The van der Waals surface area contributed by atoms with Gasteiger partial charge in [-0.25, -0.2) is 9.67 Å². The first-order chi connectivity index (χ1) is 9.70. The molecule has 2 unspecified atom stereocenters. The van der Waals surface area contributed by atoms with Crippen molar-refractivity contribution in [3.05, 3.63) is 0 Å². The molecular weight excluding hydrogens is 276 g/mol. The van der Waals surface area contributed by atoms with Crippen LogP contribution >= 0.6 is 11.6 Å². The number of alkyl halides is 1. The minimum atomic E-state index is 0.0949. The molecule has 0 radical (unpaired) electrons. The Morgan fingerprint density at radius 3 is 2.75 bits per heavy atom. The van der Waals surface area contributed by atoms with E-state index >= 15 is 0 Å². The molecule has 0 amide bonds. The lowest BCUT2D eigenvalue weighted by molar-refractivity contribution is 0.311. The van der Waals surface area contributed by atoms with Crippen molar-refractivity contribution in [2.24, 2.45) is 10.9 Å². The van der Waals surface area contributed by atoms with E-state index in [1.807, 2.05) is 4.68 Å². The van der Waals surface area contributed by atoms with Crippen molar-refractivity contribution < 1.29 is 0 Å². The molecule has 20 heavy (non-hydrogen) atoms. The Hall–Kier alpha value is -1.14. The first-order valence-electron chi connectivity index (χ1n) is 7.31. The lowest BCUT2D eigenvalue weighted by atomic mass is 10.1. The van der Waals surface area contributed by atoms with Gasteiger partial charge in [0.25, 0.3) is 0 Å². The zero-order valence-corrected chi connectivity index (χ0v) is 12.4. The highest BCUT2D eigenvalue weighted by Crippen LogP contribution is 2.34. The molecule has 1 aromatic rings. The van der Waals surface area contributed by atoms with Crippen LogP contribution in [0.5, 0.6) is 0 Å². The summed E-state index contributed by atoms with van der Waals surface area (Å²) in [6, 6.07) is 0. The van der Waals surface area contributed by atoms with E-state index in [1.54, 1.807) is 0 Å². The number of piperazine rings is 1. The fraction of sp³-hybridized carbons (Fsp3) is 0.769. The number of likely N-dealkylation sites (N-methyl/N-ethyl adjacent to an activating group) is 1. The summed E-state index contributed by atoms with van der Waals surface area (Å²) >= 11 is 6.32. The Morgan fingerprint density at radius 1 is 1.15 bits per heavy atom. The van der Waals surface area contributed by atoms with Crippen molar-refractivity contribution in [3.8, 4) is 0 Å². The van der Waals surface area contributed by atoms with Gasteiger partial charge in [-0.2, -0.15) is 4.98 Å². The normalized spacial score (nSPS) is 30.1. The van der Waals surface area contributed by atoms with Crippen molar-refractivity contribution >= 4 is 29.2 Å². The third-order valence-corrected chi connectivity index (χ3v) is 5.00. The number of anilines is 1. The van der Waals surface area contributed by atoms with E-state index in [0.29, 0.717) is 5.92 Å². The van der Waals surface area contributed by atoms with Crippen LogP contribution in [-0.2, 0) is 6.54 Å². The molecule has 3 aliphatic rings. The average molecular weight is 295 g/mol. The van der Waals surface area contributed by atoms with Gasteiger partial charge >= 0.3 is 0 Å². The first kappa shape index (κ1) is 12.6. The summed E-state index contributed by atoms with van der Waals surface area (Å²) in [6.07, 6.45) is 2.15. The van der Waals surface area contributed by atoms with Gasteiger partial charge in [-0.05, 0) is 19.9 Å². The Bertz CT molecular complexity index is 545. The summed E-state index contributed by atoms with van der Waals surface area (Å²) in [5.74, 6) is 2.02. The van der Waals surface area contributed by atoms with E-state index in [9.17, 15) is 0 Å². The Morgan fingerprint density at radius 2 is 1.95 bits per heavy atom. The lowest BCUT2D eigenvalue weighted by Crippen LogP contribution is -2.45. The zero-order valence-electron chi connectivity index (χ0n) is 11.7. The van der Waals surface area contributed by atoms with Crippen LogP contribution in [0.3, 0.4) is 0 Å². The maximum Gasteiger partial charge on any atom is 0.249 e. The second-order valence-corrected chi connectivity index (χ2v) is 6.49. The molecule has 0 bridgehead atoms. The van der Waals surface area contributed by atoms with Gasteiger partial charge in [0, 0.05) is 37.8 Å². The number of halogens is 1. The molecule has 0 N–H and O–H groups in total. The number of rotatable bonds is 1. The number of hydrogen-bond donors (Lipinski definition) is 0. The van der Waals surface area contributed by atoms with Crippen molar-refractivity contribution in [1.29, 1.82) is 0 Å². The minimum Gasteiger partial charge on any atom is -0.337 e. The van der Waals surface area contributed by atoms with E-state index in [2.05, 4.69) is 31.9 Å². The molecule has 108 valence electrons. The highest BCUT2D eigenvalue weighted by Gasteiger charge is 2.35. The van der Waals surface area contributed by atoms with Crippen LogP contribution in [0.15, 0.2) is 4.99 Å². The predicted molar refractivity (Wildman–Crippen MR) is 79.2 cm³/mol. The van der Waals surface area contributed by atoms with E-state index in [0.717, 1.165) is 63.2 Å². The minimum absolute atomic E-state index is 0.0949. The number of fused-ring (bicyclic) bond motifs is 2. The maximum atomic E-state index is 6.32. The molecule has 1 saturated heterocycles. The summed E-state index contributed by atoms with van der Waals surface area (Å²) in [5, 5.41) is 4.74. The summed E-state index contributed by atoms with van der Waals surface area (Å²) < 4.78 is 1.96. The molecule has 1 aliphatic carbocycles. The molecule has 1 aromatic heterocycles. The molecule has 0 spiro atoms. The molecule has 6 nitrogen and oxygen atoms in total. The van der Waals surface area contributed by atoms with Crippen LogP contribution in [0.1, 0.15) is 12.8 Å². The first-order valence-corrected chi connectivity index (χ1v) is 7.75. The van der Waals surface area contributed by atoms with Gasteiger partial charge in [-0.1, -0.05) is 0 Å². The molecule has 3 heterocycles. The summed E-state index contributed by atoms with van der Waals surface area (Å²) in [6.45, 7) is 4.98. The van der Waals surface area contributed by atoms with Gasteiger partial charge in [0.15, 0.2) is 0 Å². The van der Waals surface area contributed by atoms with E-state index < -0.39 is 0 Å². The summed E-state index contributed by atoms with van der Waals surface area (Å²) in [7, 11) is 2.15. The second kappa shape index (κ2) is 4.70. The van der Waals surface area contributed by atoms with E-state index in [-0.39, 0.29) is 5.38 Å². The van der Waals surface area contributed by atoms with E-state index in [4.69, 9.17) is 11.6 Å². The summed E-state index contributed by atoms with van der Waals surface area (Å²) in [4.78, 5) is 13.8. The summed E-state index contributed by atoms with van der Waals surface area (Å²) in [5.41, 5.74) is 1.12. The molecule has 1 saturated carbocycles. The van der Waals surface area contributed by atoms with Crippen molar-refractivity contribution in [1.82, 2.24) is 19.7 Å². The van der Waals surface area contributed by atoms with Gasteiger partial charge in [0.05, 0.1) is 11.9 Å². The van der Waals surface area contributed by atoms with Gasteiger partial charge in [-0.3, -0.25) is 0 Å². The van der Waals surface area contributed by atoms with Crippen molar-refractivity contribution in [2.75, 3.05) is 38.1 Å². The van der Waals surface area contributed by atoms with Crippen LogP contribution in [0, 0.1) is 5.92 Å². The SMILES string of the molecule is CN1CCN(c2nc3n(n2)CC2CCC(Cl)C2=N3)CC1. The van der Waals surface area contributed by atoms with Crippen LogP contribution in [0.2, 0.25) is 0 Å². The zero-order chi connectivity index (χ0) is 13.7. The molecule has 0 aromatic carbocycles. The highest BCUT2D eigenvalue weighted by atomic mass is 35.5. The smallest absolute Gasteiger partial charge is 0.249 e. The second-order valence-electron chi connectivity index (χ2n) is 5.96. The number of hydrogen-bond acceptors (Lipinski definition) is 5. The van der Waals surface area contributed by atoms with Crippen molar-refractivity contribution in [3.63, 3.8) is 0 Å². The molecular formula is C13H19ClN6. The van der Waals surface area contributed by atoms with Crippen LogP contribution < -0.4 is 4.90 Å². The van der Waals surface area contributed by atoms with Gasteiger partial charge in [-0.15, -0.1) is 16.7 Å². The average Bonchev–Trinajstić information content (AvgIpc) is 3.01. The Kier molecular flexibility index (Phi) is 2.96. The van der Waals surface area contributed by atoms with Gasteiger partial charge in [0.1, 0.15) is 0 Å². The number of nitrogens with zero attached hydrogens (tertiary/aromatic N) is 6. The predicted octanol–water partition coefficient (Wildman–Crippen LogP) is 1.13. The van der Waals surface area contributed by atoms with Crippen LogP contribution in [-0.4, -0.2) is 64.0 Å². The van der Waals surface area contributed by atoms with Gasteiger partial charge in [0.2, 0.25) is 11.9 Å². The van der Waals surface area contributed by atoms with Crippen molar-refractivity contribution in [2.45, 2.75) is 24.8 Å². The quantitative estimate of drug-likeness (QED) is 0.729. The Balaban J connectivity index is 1.59. The van der Waals surface area contributed by atoms with E-state index in [1.165, 1.54) is 0 Å². The maximum absolute atomic E-state index is 6.32. The fourth-order valence-electron chi connectivity index (χ4n) is 3.24. The van der Waals surface area contributed by atoms with Gasteiger partial charge < -0.3 is 9.80 Å². The van der Waals surface area contributed by atoms with Crippen LogP contribution in [0.4, 0.5) is 11.9 Å². The van der Waals surface area contributed by atoms with Crippen LogP contribution in [0.25, 0.3) is 0 Å². The standard InChI is InChI=1S/C13H19ClN6/c1-18-4-6-19(7-5-18)13-16-12-15-11-9(2-3-10(11)14)8-20(12)17-13/h9-10H,2-8H2,1H3. The highest BCUT2D eigenvalue weighted by molar-refractivity contribution is 6.33. The molecule has 2 fully saturated rings. The topological polar surface area (TPSA) is 49.5 Å². The fourth-order valence-corrected chi connectivity index (χ4v) is 3.59. The number of aliphatic imine (C=N–C) groups is 1. The third kappa shape index (κ3) is 2.02. The molecule has 4 rings (SSSR count). The largest absolute Gasteiger partial charge is 0.337 e. The molecule has 7 heteroatoms. The molecule has 2 aliphatic heterocycles. The lowest BCUT2D eigenvalue weighted by Gasteiger charge is -2.31. The number of aromatic nitrogens is 3. The third-order valence-electron chi connectivity index (χ3n) is 4.56.